The van der Waals surface area contributed by atoms with E-state index in [-0.39, 0.29) is 24.1 Å². The van der Waals surface area contributed by atoms with E-state index in [1.54, 1.807) is 11.0 Å². The van der Waals surface area contributed by atoms with E-state index in [1.807, 2.05) is 0 Å². The molecule has 0 atom stereocenters. The molecule has 2 N–H and O–H groups in total. The van der Waals surface area contributed by atoms with Crippen LogP contribution in [-0.2, 0) is 6.42 Å². The SMILES string of the molecule is CC(C)Cc1cc(C(=O)N(CCO)C2CC2)cc(=O)[nH]1. The Morgan fingerprint density at radius 2 is 2.15 bits per heavy atom. The van der Waals surface area contributed by atoms with Gasteiger partial charge >= 0.3 is 0 Å². The van der Waals surface area contributed by atoms with Gasteiger partial charge in [0.15, 0.2) is 0 Å². The van der Waals surface area contributed by atoms with Crippen LogP contribution in [0.4, 0.5) is 0 Å². The van der Waals surface area contributed by atoms with Crippen LogP contribution < -0.4 is 5.56 Å². The fourth-order valence-corrected chi connectivity index (χ4v) is 2.38. The van der Waals surface area contributed by atoms with Gasteiger partial charge in [0.2, 0.25) is 5.56 Å². The molecule has 1 saturated carbocycles. The van der Waals surface area contributed by atoms with Crippen LogP contribution in [0.1, 0.15) is 42.7 Å². The van der Waals surface area contributed by atoms with E-state index in [4.69, 9.17) is 5.11 Å². The van der Waals surface area contributed by atoms with Crippen molar-refractivity contribution in [1.82, 2.24) is 9.88 Å². The second-order valence-electron chi connectivity index (χ2n) is 5.81. The van der Waals surface area contributed by atoms with Crippen molar-refractivity contribution in [2.45, 2.75) is 39.2 Å². The number of aromatic nitrogens is 1. The summed E-state index contributed by atoms with van der Waals surface area (Å²) < 4.78 is 0. The number of nitrogens with one attached hydrogen (secondary N) is 1. The number of hydrogen-bond donors (Lipinski definition) is 2. The molecule has 1 heterocycles. The number of nitrogens with zero attached hydrogens (tertiary/aromatic N) is 1. The van der Waals surface area contributed by atoms with Crippen molar-refractivity contribution >= 4 is 5.91 Å². The van der Waals surface area contributed by atoms with Crippen LogP contribution in [0.2, 0.25) is 0 Å². The molecule has 1 aromatic rings. The maximum Gasteiger partial charge on any atom is 0.254 e. The Kier molecular flexibility index (Phi) is 4.60. The molecule has 0 saturated heterocycles. The van der Waals surface area contributed by atoms with E-state index < -0.39 is 0 Å². The molecule has 0 bridgehead atoms. The van der Waals surface area contributed by atoms with Crippen LogP contribution >= 0.6 is 0 Å². The van der Waals surface area contributed by atoms with Crippen LogP contribution in [0.3, 0.4) is 0 Å². The molecule has 1 amide bonds. The standard InChI is InChI=1S/C15H22N2O3/c1-10(2)7-12-8-11(9-14(19)16-12)15(20)17(5-6-18)13-3-4-13/h8-10,13,18H,3-7H2,1-2H3,(H,16,19). The van der Waals surface area contributed by atoms with Crippen LogP contribution in [0, 0.1) is 5.92 Å². The molecule has 1 aliphatic rings. The Morgan fingerprint density at radius 1 is 1.45 bits per heavy atom. The summed E-state index contributed by atoms with van der Waals surface area (Å²) in [6.07, 6.45) is 2.70. The number of aromatic amines is 1. The summed E-state index contributed by atoms with van der Waals surface area (Å²) >= 11 is 0. The zero-order chi connectivity index (χ0) is 14.7. The lowest BCUT2D eigenvalue weighted by Crippen LogP contribution is -2.36. The van der Waals surface area contributed by atoms with Gasteiger partial charge < -0.3 is 15.0 Å². The highest BCUT2D eigenvalue weighted by Crippen LogP contribution is 2.27. The third-order valence-corrected chi connectivity index (χ3v) is 3.36. The highest BCUT2D eigenvalue weighted by atomic mass is 16.3. The Bertz CT molecular complexity index is 532. The number of aliphatic hydroxyl groups excluding tert-OH is 1. The number of aliphatic hydroxyl groups is 1. The van der Waals surface area contributed by atoms with Gasteiger partial charge in [0.25, 0.3) is 5.91 Å². The molecule has 0 aliphatic heterocycles. The summed E-state index contributed by atoms with van der Waals surface area (Å²) in [5.41, 5.74) is 0.964. The quantitative estimate of drug-likeness (QED) is 0.820. The number of carbonyl (C=O) groups is 1. The van der Waals surface area contributed by atoms with E-state index in [0.717, 1.165) is 25.0 Å². The number of amides is 1. The van der Waals surface area contributed by atoms with Crippen LogP contribution in [-0.4, -0.2) is 40.1 Å². The highest BCUT2D eigenvalue weighted by Gasteiger charge is 2.32. The summed E-state index contributed by atoms with van der Waals surface area (Å²) in [4.78, 5) is 28.6. The van der Waals surface area contributed by atoms with Gasteiger partial charge in [0.05, 0.1) is 6.61 Å². The fraction of sp³-hybridized carbons (Fsp3) is 0.600. The number of pyridine rings is 1. The first-order valence-corrected chi connectivity index (χ1v) is 7.16. The molecule has 0 spiro atoms. The molecule has 0 radical (unpaired) electrons. The molecule has 0 unspecified atom stereocenters. The minimum absolute atomic E-state index is 0.0513. The lowest BCUT2D eigenvalue weighted by atomic mass is 10.1. The summed E-state index contributed by atoms with van der Waals surface area (Å²) in [6.45, 7) is 4.41. The van der Waals surface area contributed by atoms with Crippen LogP contribution in [0.25, 0.3) is 0 Å². The predicted molar refractivity (Wildman–Crippen MR) is 76.7 cm³/mol. The highest BCUT2D eigenvalue weighted by molar-refractivity contribution is 5.94. The topological polar surface area (TPSA) is 73.4 Å². The lowest BCUT2D eigenvalue weighted by Gasteiger charge is -2.21. The van der Waals surface area contributed by atoms with Crippen molar-refractivity contribution in [3.63, 3.8) is 0 Å². The third-order valence-electron chi connectivity index (χ3n) is 3.36. The van der Waals surface area contributed by atoms with Crippen molar-refractivity contribution in [1.29, 1.82) is 0 Å². The average molecular weight is 278 g/mol. The van der Waals surface area contributed by atoms with Crippen molar-refractivity contribution in [2.24, 2.45) is 5.92 Å². The summed E-state index contributed by atoms with van der Waals surface area (Å²) in [5.74, 6) is 0.255. The lowest BCUT2D eigenvalue weighted by molar-refractivity contribution is 0.0707. The first-order valence-electron chi connectivity index (χ1n) is 7.16. The van der Waals surface area contributed by atoms with Gasteiger partial charge in [-0.3, -0.25) is 9.59 Å². The second kappa shape index (κ2) is 6.22. The van der Waals surface area contributed by atoms with Crippen LogP contribution in [0.15, 0.2) is 16.9 Å². The summed E-state index contributed by atoms with van der Waals surface area (Å²) in [7, 11) is 0. The smallest absolute Gasteiger partial charge is 0.254 e. The largest absolute Gasteiger partial charge is 0.395 e. The fourth-order valence-electron chi connectivity index (χ4n) is 2.38. The van der Waals surface area contributed by atoms with E-state index in [1.165, 1.54) is 6.07 Å². The van der Waals surface area contributed by atoms with Crippen molar-refractivity contribution in [2.75, 3.05) is 13.2 Å². The third kappa shape index (κ3) is 3.70. The Morgan fingerprint density at radius 3 is 2.70 bits per heavy atom. The zero-order valence-corrected chi connectivity index (χ0v) is 12.1. The molecule has 20 heavy (non-hydrogen) atoms. The monoisotopic (exact) mass is 278 g/mol. The second-order valence-corrected chi connectivity index (χ2v) is 5.81. The predicted octanol–water partition coefficient (Wildman–Crippen LogP) is 1.17. The van der Waals surface area contributed by atoms with Crippen molar-refractivity contribution in [3.05, 3.63) is 33.7 Å². The van der Waals surface area contributed by atoms with Gasteiger partial charge in [-0.2, -0.15) is 0 Å². The summed E-state index contributed by atoms with van der Waals surface area (Å²) in [6, 6.07) is 3.33. The average Bonchev–Trinajstić information content (AvgIpc) is 3.17. The Hall–Kier alpha value is -1.62. The van der Waals surface area contributed by atoms with Crippen molar-refractivity contribution < 1.29 is 9.90 Å². The molecule has 2 rings (SSSR count). The Labute approximate surface area is 118 Å². The number of H-pyrrole nitrogens is 1. The summed E-state index contributed by atoms with van der Waals surface area (Å²) in [5, 5.41) is 9.08. The van der Waals surface area contributed by atoms with Crippen molar-refractivity contribution in [3.8, 4) is 0 Å². The molecular formula is C15H22N2O3. The molecule has 1 fully saturated rings. The maximum atomic E-state index is 12.5. The first-order chi connectivity index (χ1) is 9.51. The van der Waals surface area contributed by atoms with Gasteiger partial charge in [-0.05, 0) is 31.2 Å². The number of carbonyl (C=O) groups excluding carboxylic acids is 1. The van der Waals surface area contributed by atoms with Gasteiger partial charge in [-0.15, -0.1) is 0 Å². The molecule has 5 nitrogen and oxygen atoms in total. The van der Waals surface area contributed by atoms with Gasteiger partial charge in [0, 0.05) is 29.9 Å². The Balaban J connectivity index is 2.23. The molecule has 1 aliphatic carbocycles. The van der Waals surface area contributed by atoms with Gasteiger partial charge in [0.1, 0.15) is 0 Å². The van der Waals surface area contributed by atoms with E-state index in [9.17, 15) is 9.59 Å². The van der Waals surface area contributed by atoms with E-state index >= 15 is 0 Å². The molecule has 1 aromatic heterocycles. The minimum atomic E-state index is -0.244. The molecule has 110 valence electrons. The maximum absolute atomic E-state index is 12.5. The molecule has 5 heteroatoms. The minimum Gasteiger partial charge on any atom is -0.395 e. The van der Waals surface area contributed by atoms with E-state index in [0.29, 0.717) is 18.0 Å². The van der Waals surface area contributed by atoms with E-state index in [2.05, 4.69) is 18.8 Å². The van der Waals surface area contributed by atoms with Gasteiger partial charge in [-0.25, -0.2) is 0 Å². The number of rotatable bonds is 6. The molecule has 0 aromatic carbocycles. The zero-order valence-electron chi connectivity index (χ0n) is 12.1. The van der Waals surface area contributed by atoms with Crippen LogP contribution in [0.5, 0.6) is 0 Å². The normalized spacial score (nSPS) is 14.6. The number of hydrogen-bond acceptors (Lipinski definition) is 3. The van der Waals surface area contributed by atoms with Gasteiger partial charge in [-0.1, -0.05) is 13.8 Å². The first kappa shape index (κ1) is 14.8. The molecular weight excluding hydrogens is 256 g/mol.